The number of hydrazone groups is 1. The zero-order chi connectivity index (χ0) is 18.7. The van der Waals surface area contributed by atoms with Gasteiger partial charge in [-0.05, 0) is 26.0 Å². The first kappa shape index (κ1) is 17.5. The summed E-state index contributed by atoms with van der Waals surface area (Å²) in [6.07, 6.45) is 0. The predicted molar refractivity (Wildman–Crippen MR) is 97.8 cm³/mol. The second-order valence-electron chi connectivity index (χ2n) is 5.63. The topological polar surface area (TPSA) is 76.3 Å². The van der Waals surface area contributed by atoms with Gasteiger partial charge in [0.25, 0.3) is 11.5 Å². The predicted octanol–water partition coefficient (Wildman–Crippen LogP) is 2.71. The molecule has 2 aromatic carbocycles. The van der Waals surface area contributed by atoms with E-state index in [0.717, 1.165) is 0 Å². The number of hydrogen-bond donors (Lipinski definition) is 1. The van der Waals surface area contributed by atoms with Gasteiger partial charge in [-0.3, -0.25) is 9.59 Å². The molecule has 1 N–H and O–H groups in total. The quantitative estimate of drug-likeness (QED) is 0.579. The number of hydrogen-bond acceptors (Lipinski definition) is 4. The largest absolute Gasteiger partial charge is 0.292 e. The van der Waals surface area contributed by atoms with Crippen molar-refractivity contribution in [1.82, 2.24) is 15.2 Å². The van der Waals surface area contributed by atoms with E-state index in [2.05, 4.69) is 15.6 Å². The van der Waals surface area contributed by atoms with Crippen LogP contribution in [0.5, 0.6) is 0 Å². The Bertz CT molecular complexity index is 1070. The highest BCUT2D eigenvalue weighted by Gasteiger charge is 2.16. The van der Waals surface area contributed by atoms with Crippen LogP contribution in [0.25, 0.3) is 10.8 Å². The lowest BCUT2D eigenvalue weighted by Gasteiger charge is -2.09. The number of aromatic nitrogens is 2. The van der Waals surface area contributed by atoms with E-state index in [1.807, 2.05) is 0 Å². The number of fused-ring (bicyclic) bond motifs is 1. The summed E-state index contributed by atoms with van der Waals surface area (Å²) < 4.78 is 15.0. The first-order valence-electron chi connectivity index (χ1n) is 8.12. The van der Waals surface area contributed by atoms with Crippen molar-refractivity contribution in [2.45, 2.75) is 20.4 Å². The van der Waals surface area contributed by atoms with Crippen molar-refractivity contribution in [2.75, 3.05) is 0 Å². The Labute approximate surface area is 149 Å². The third-order valence-electron chi connectivity index (χ3n) is 3.97. The molecule has 0 unspecified atom stereocenters. The fourth-order valence-electron chi connectivity index (χ4n) is 2.62. The summed E-state index contributed by atoms with van der Waals surface area (Å²) in [7, 11) is 0. The number of carbonyl (C=O) groups is 1. The average molecular weight is 352 g/mol. The van der Waals surface area contributed by atoms with Crippen molar-refractivity contribution in [3.8, 4) is 0 Å². The molecule has 0 bridgehead atoms. The lowest BCUT2D eigenvalue weighted by Crippen LogP contribution is -2.29. The van der Waals surface area contributed by atoms with Gasteiger partial charge in [-0.15, -0.1) is 0 Å². The SMILES string of the molecule is CCn1nc(C(=O)N/N=C(/C)c2ccccc2F)c2ccccc2c1=O. The van der Waals surface area contributed by atoms with Gasteiger partial charge >= 0.3 is 0 Å². The van der Waals surface area contributed by atoms with Crippen LogP contribution in [0.15, 0.2) is 58.4 Å². The van der Waals surface area contributed by atoms with Gasteiger partial charge in [0.1, 0.15) is 5.82 Å². The van der Waals surface area contributed by atoms with Gasteiger partial charge in [0.2, 0.25) is 0 Å². The average Bonchev–Trinajstić information content (AvgIpc) is 2.66. The summed E-state index contributed by atoms with van der Waals surface area (Å²) in [6, 6.07) is 12.9. The second-order valence-corrected chi connectivity index (χ2v) is 5.63. The third-order valence-corrected chi connectivity index (χ3v) is 3.97. The molecule has 1 aromatic heterocycles. The number of benzene rings is 2. The molecule has 0 aliphatic heterocycles. The Kier molecular flexibility index (Phi) is 4.88. The van der Waals surface area contributed by atoms with Gasteiger partial charge in [0.05, 0.1) is 11.1 Å². The van der Waals surface area contributed by atoms with Crippen LogP contribution in [0.3, 0.4) is 0 Å². The lowest BCUT2D eigenvalue weighted by atomic mass is 10.1. The molecular formula is C19H17FN4O2. The molecule has 1 amide bonds. The van der Waals surface area contributed by atoms with E-state index >= 15 is 0 Å². The molecule has 1 heterocycles. The van der Waals surface area contributed by atoms with Crippen LogP contribution in [0.4, 0.5) is 4.39 Å². The monoisotopic (exact) mass is 352 g/mol. The van der Waals surface area contributed by atoms with Gasteiger partial charge < -0.3 is 0 Å². The molecule has 26 heavy (non-hydrogen) atoms. The van der Waals surface area contributed by atoms with E-state index in [1.54, 1.807) is 56.3 Å². The van der Waals surface area contributed by atoms with E-state index in [-0.39, 0.29) is 11.3 Å². The first-order valence-corrected chi connectivity index (χ1v) is 8.12. The maximum Gasteiger partial charge on any atom is 0.292 e. The van der Waals surface area contributed by atoms with Crippen LogP contribution >= 0.6 is 0 Å². The molecule has 0 saturated heterocycles. The highest BCUT2D eigenvalue weighted by atomic mass is 19.1. The van der Waals surface area contributed by atoms with Gasteiger partial charge in [-0.25, -0.2) is 14.5 Å². The Morgan fingerprint density at radius 3 is 2.50 bits per heavy atom. The van der Waals surface area contributed by atoms with Gasteiger partial charge in [-0.2, -0.15) is 10.2 Å². The van der Waals surface area contributed by atoms with Crippen molar-refractivity contribution >= 4 is 22.4 Å². The van der Waals surface area contributed by atoms with Gasteiger partial charge in [0, 0.05) is 17.5 Å². The van der Waals surface area contributed by atoms with E-state index in [1.165, 1.54) is 10.7 Å². The van der Waals surface area contributed by atoms with Gasteiger partial charge in [0.15, 0.2) is 5.69 Å². The Morgan fingerprint density at radius 2 is 1.81 bits per heavy atom. The van der Waals surface area contributed by atoms with E-state index in [9.17, 15) is 14.0 Å². The Morgan fingerprint density at radius 1 is 1.15 bits per heavy atom. The molecule has 0 fully saturated rings. The van der Waals surface area contributed by atoms with E-state index in [0.29, 0.717) is 28.6 Å². The lowest BCUT2D eigenvalue weighted by molar-refractivity contribution is 0.0949. The molecular weight excluding hydrogens is 335 g/mol. The normalized spacial score (nSPS) is 11.6. The highest BCUT2D eigenvalue weighted by molar-refractivity contribution is 6.06. The first-order chi connectivity index (χ1) is 12.5. The van der Waals surface area contributed by atoms with Crippen molar-refractivity contribution in [1.29, 1.82) is 0 Å². The minimum absolute atomic E-state index is 0.0899. The molecule has 7 heteroatoms. The minimum atomic E-state index is -0.570. The van der Waals surface area contributed by atoms with Crippen molar-refractivity contribution in [3.63, 3.8) is 0 Å². The third kappa shape index (κ3) is 3.23. The molecule has 0 saturated carbocycles. The molecule has 132 valence electrons. The van der Waals surface area contributed by atoms with Crippen molar-refractivity contribution in [2.24, 2.45) is 5.10 Å². The molecule has 0 atom stereocenters. The smallest absolute Gasteiger partial charge is 0.267 e. The molecule has 3 rings (SSSR count). The summed E-state index contributed by atoms with van der Waals surface area (Å²) in [5, 5.41) is 8.95. The number of rotatable bonds is 4. The van der Waals surface area contributed by atoms with Crippen LogP contribution in [-0.4, -0.2) is 21.4 Å². The van der Waals surface area contributed by atoms with Crippen LogP contribution < -0.4 is 11.0 Å². The molecule has 0 aliphatic rings. The Balaban J connectivity index is 1.98. The maximum absolute atomic E-state index is 13.8. The number of nitrogens with one attached hydrogen (secondary N) is 1. The van der Waals surface area contributed by atoms with Crippen LogP contribution in [0.1, 0.15) is 29.9 Å². The standard InChI is InChI=1S/C19H17FN4O2/c1-3-24-19(26)15-10-5-4-9-14(15)17(23-24)18(25)22-21-12(2)13-8-6-7-11-16(13)20/h4-11H,3H2,1-2H3,(H,22,25)/b21-12-. The zero-order valence-electron chi connectivity index (χ0n) is 14.4. The zero-order valence-corrected chi connectivity index (χ0v) is 14.4. The number of halogens is 1. The van der Waals surface area contributed by atoms with Crippen molar-refractivity contribution in [3.05, 3.63) is 76.0 Å². The van der Waals surface area contributed by atoms with E-state index < -0.39 is 11.7 Å². The number of carbonyl (C=O) groups excluding carboxylic acids is 1. The molecule has 3 aromatic rings. The number of amides is 1. The summed E-state index contributed by atoms with van der Waals surface area (Å²) in [4.78, 5) is 24.9. The van der Waals surface area contributed by atoms with Crippen LogP contribution in [-0.2, 0) is 6.54 Å². The summed E-state index contributed by atoms with van der Waals surface area (Å²) in [5.41, 5.74) is 2.84. The summed E-state index contributed by atoms with van der Waals surface area (Å²) in [6.45, 7) is 3.70. The number of nitrogens with zero attached hydrogens (tertiary/aromatic N) is 3. The molecule has 0 radical (unpaired) electrons. The van der Waals surface area contributed by atoms with Gasteiger partial charge in [-0.1, -0.05) is 36.4 Å². The molecule has 0 spiro atoms. The Hall–Kier alpha value is -3.35. The maximum atomic E-state index is 13.8. The summed E-state index contributed by atoms with van der Waals surface area (Å²) in [5.74, 6) is -0.995. The highest BCUT2D eigenvalue weighted by Crippen LogP contribution is 2.13. The van der Waals surface area contributed by atoms with E-state index in [4.69, 9.17) is 0 Å². The van der Waals surface area contributed by atoms with Crippen LogP contribution in [0, 0.1) is 5.82 Å². The second kappa shape index (κ2) is 7.26. The molecule has 6 nitrogen and oxygen atoms in total. The molecule has 0 aliphatic carbocycles. The summed E-state index contributed by atoms with van der Waals surface area (Å²) >= 11 is 0. The fourth-order valence-corrected chi connectivity index (χ4v) is 2.62. The fraction of sp³-hybridized carbons (Fsp3) is 0.158. The van der Waals surface area contributed by atoms with Crippen LogP contribution in [0.2, 0.25) is 0 Å². The van der Waals surface area contributed by atoms with Crippen molar-refractivity contribution < 1.29 is 9.18 Å². The minimum Gasteiger partial charge on any atom is -0.267 e. The number of aryl methyl sites for hydroxylation is 1.